The summed E-state index contributed by atoms with van der Waals surface area (Å²) >= 11 is 0. The van der Waals surface area contributed by atoms with E-state index in [9.17, 15) is 0 Å². The Bertz CT molecular complexity index is 373. The number of rotatable bonds is 3. The van der Waals surface area contributed by atoms with E-state index in [0.29, 0.717) is 12.1 Å². The zero-order chi connectivity index (χ0) is 12.4. The van der Waals surface area contributed by atoms with Gasteiger partial charge in [0.25, 0.3) is 0 Å². The first-order valence-corrected chi connectivity index (χ1v) is 7.30. The number of hydrogen-bond donors (Lipinski definition) is 1. The summed E-state index contributed by atoms with van der Waals surface area (Å²) in [5, 5.41) is 3.52. The number of nitrogens with one attached hydrogen (secondary N) is 1. The second kappa shape index (κ2) is 5.31. The Morgan fingerprint density at radius 1 is 1.17 bits per heavy atom. The molecule has 0 saturated heterocycles. The van der Waals surface area contributed by atoms with Crippen LogP contribution >= 0.6 is 0 Å². The van der Waals surface area contributed by atoms with Crippen molar-refractivity contribution in [1.82, 2.24) is 5.32 Å². The van der Waals surface area contributed by atoms with Crippen LogP contribution in [0.5, 0.6) is 5.75 Å². The largest absolute Gasteiger partial charge is 0.488 e. The molecule has 0 bridgehead atoms. The topological polar surface area (TPSA) is 21.3 Å². The van der Waals surface area contributed by atoms with Crippen LogP contribution in [-0.2, 0) is 6.42 Å². The molecule has 0 radical (unpaired) electrons. The summed E-state index contributed by atoms with van der Waals surface area (Å²) in [7, 11) is 2.09. The molecule has 3 rings (SSSR count). The summed E-state index contributed by atoms with van der Waals surface area (Å²) in [4.78, 5) is 0. The van der Waals surface area contributed by atoms with E-state index in [-0.39, 0.29) is 0 Å². The highest BCUT2D eigenvalue weighted by molar-refractivity contribution is 5.37. The second-order valence-corrected chi connectivity index (χ2v) is 5.68. The van der Waals surface area contributed by atoms with Gasteiger partial charge in [0.05, 0.1) is 0 Å². The van der Waals surface area contributed by atoms with Gasteiger partial charge < -0.3 is 10.1 Å². The minimum atomic E-state index is 0.329. The first-order valence-electron chi connectivity index (χ1n) is 7.30. The molecule has 98 valence electrons. The maximum atomic E-state index is 6.15. The molecule has 1 saturated carbocycles. The molecule has 1 heterocycles. The smallest absolute Gasteiger partial charge is 0.123 e. The molecule has 1 aromatic rings. The number of benzene rings is 1. The molecular weight excluding hydrogens is 222 g/mol. The minimum absolute atomic E-state index is 0.329. The molecule has 1 aliphatic heterocycles. The molecule has 1 aliphatic carbocycles. The lowest BCUT2D eigenvalue weighted by Crippen LogP contribution is -2.46. The normalized spacial score (nSPS) is 25.5. The van der Waals surface area contributed by atoms with E-state index in [2.05, 4.69) is 36.6 Å². The Morgan fingerprint density at radius 3 is 2.67 bits per heavy atom. The summed E-state index contributed by atoms with van der Waals surface area (Å²) in [6, 6.07) is 8.99. The van der Waals surface area contributed by atoms with Crippen LogP contribution < -0.4 is 10.1 Å². The highest BCUT2D eigenvalue weighted by Crippen LogP contribution is 2.34. The van der Waals surface area contributed by atoms with E-state index in [1.165, 1.54) is 37.7 Å². The fraction of sp³-hybridized carbons (Fsp3) is 0.625. The average molecular weight is 245 g/mol. The van der Waals surface area contributed by atoms with Gasteiger partial charge in [-0.05, 0) is 37.4 Å². The van der Waals surface area contributed by atoms with Gasteiger partial charge in [-0.25, -0.2) is 0 Å². The van der Waals surface area contributed by atoms with Gasteiger partial charge in [0, 0.05) is 12.5 Å². The number of likely N-dealkylation sites (N-methyl/N-ethyl adjacent to an activating group) is 1. The molecule has 2 heteroatoms. The van der Waals surface area contributed by atoms with E-state index in [0.717, 1.165) is 18.1 Å². The van der Waals surface area contributed by atoms with E-state index >= 15 is 0 Å². The standard InChI is InChI=1S/C16H23NO/c1-17-16(12-7-3-2-4-8-12)15-11-13-9-5-6-10-14(13)18-15/h5-6,9-10,12,15-17H,2-4,7-8,11H2,1H3. The van der Waals surface area contributed by atoms with Crippen molar-refractivity contribution in [2.75, 3.05) is 7.05 Å². The summed E-state index contributed by atoms with van der Waals surface area (Å²) in [6.45, 7) is 0. The van der Waals surface area contributed by atoms with Crippen LogP contribution in [-0.4, -0.2) is 19.2 Å². The molecule has 1 aromatic carbocycles. The van der Waals surface area contributed by atoms with Crippen molar-refractivity contribution in [2.24, 2.45) is 5.92 Å². The van der Waals surface area contributed by atoms with Crippen molar-refractivity contribution < 1.29 is 4.74 Å². The van der Waals surface area contributed by atoms with Gasteiger partial charge in [0.1, 0.15) is 11.9 Å². The molecule has 18 heavy (non-hydrogen) atoms. The molecular formula is C16H23NO. The summed E-state index contributed by atoms with van der Waals surface area (Å²) in [5.74, 6) is 1.89. The predicted octanol–water partition coefficient (Wildman–Crippen LogP) is 3.16. The van der Waals surface area contributed by atoms with Gasteiger partial charge >= 0.3 is 0 Å². The summed E-state index contributed by atoms with van der Waals surface area (Å²) in [5.41, 5.74) is 1.37. The maximum Gasteiger partial charge on any atom is 0.123 e. The van der Waals surface area contributed by atoms with Gasteiger partial charge in [0.2, 0.25) is 0 Å². The van der Waals surface area contributed by atoms with E-state index in [1.807, 2.05) is 0 Å². The molecule has 1 N–H and O–H groups in total. The predicted molar refractivity (Wildman–Crippen MR) is 74.0 cm³/mol. The van der Waals surface area contributed by atoms with Gasteiger partial charge in [-0.15, -0.1) is 0 Å². The third kappa shape index (κ3) is 2.26. The maximum absolute atomic E-state index is 6.15. The molecule has 0 aromatic heterocycles. The van der Waals surface area contributed by atoms with Crippen molar-refractivity contribution in [1.29, 1.82) is 0 Å². The Kier molecular flexibility index (Phi) is 3.55. The third-order valence-electron chi connectivity index (χ3n) is 4.56. The number of para-hydroxylation sites is 1. The van der Waals surface area contributed by atoms with E-state index in [1.54, 1.807) is 0 Å². The first kappa shape index (κ1) is 12.0. The van der Waals surface area contributed by atoms with Crippen LogP contribution in [0.3, 0.4) is 0 Å². The van der Waals surface area contributed by atoms with Crippen LogP contribution in [0.2, 0.25) is 0 Å². The van der Waals surface area contributed by atoms with Crippen LogP contribution in [0.4, 0.5) is 0 Å². The highest BCUT2D eigenvalue weighted by atomic mass is 16.5. The molecule has 2 atom stereocenters. The van der Waals surface area contributed by atoms with Gasteiger partial charge in [-0.2, -0.15) is 0 Å². The number of ether oxygens (including phenoxy) is 1. The van der Waals surface area contributed by atoms with Crippen molar-refractivity contribution in [3.8, 4) is 5.75 Å². The number of fused-ring (bicyclic) bond motifs is 1. The lowest BCUT2D eigenvalue weighted by molar-refractivity contribution is 0.126. The fourth-order valence-electron chi connectivity index (χ4n) is 3.63. The third-order valence-corrected chi connectivity index (χ3v) is 4.56. The van der Waals surface area contributed by atoms with E-state index < -0.39 is 0 Å². The Morgan fingerprint density at radius 2 is 1.94 bits per heavy atom. The molecule has 1 fully saturated rings. The average Bonchev–Trinajstić information content (AvgIpc) is 2.84. The minimum Gasteiger partial charge on any atom is -0.488 e. The Hall–Kier alpha value is -1.02. The fourth-order valence-corrected chi connectivity index (χ4v) is 3.63. The van der Waals surface area contributed by atoms with E-state index in [4.69, 9.17) is 4.74 Å². The monoisotopic (exact) mass is 245 g/mol. The molecule has 0 spiro atoms. The molecule has 2 nitrogen and oxygen atoms in total. The SMILES string of the molecule is CNC(C1CCCCC1)C1Cc2ccccc2O1. The van der Waals surface area contributed by atoms with Crippen molar-refractivity contribution in [3.05, 3.63) is 29.8 Å². The Labute approximate surface area is 110 Å². The van der Waals surface area contributed by atoms with Crippen LogP contribution in [0, 0.1) is 5.92 Å². The lowest BCUT2D eigenvalue weighted by Gasteiger charge is -2.33. The van der Waals surface area contributed by atoms with Crippen molar-refractivity contribution in [3.63, 3.8) is 0 Å². The highest BCUT2D eigenvalue weighted by Gasteiger charge is 2.34. The van der Waals surface area contributed by atoms with Gasteiger partial charge in [0.15, 0.2) is 0 Å². The van der Waals surface area contributed by atoms with Crippen molar-refractivity contribution in [2.45, 2.75) is 50.7 Å². The molecule has 2 unspecified atom stereocenters. The van der Waals surface area contributed by atoms with Gasteiger partial charge in [-0.3, -0.25) is 0 Å². The lowest BCUT2D eigenvalue weighted by atomic mass is 9.81. The van der Waals surface area contributed by atoms with Crippen LogP contribution in [0.25, 0.3) is 0 Å². The summed E-state index contributed by atoms with van der Waals surface area (Å²) in [6.07, 6.45) is 8.32. The van der Waals surface area contributed by atoms with Crippen LogP contribution in [0.15, 0.2) is 24.3 Å². The molecule has 2 aliphatic rings. The molecule has 0 amide bonds. The Balaban J connectivity index is 1.71. The first-order chi connectivity index (χ1) is 8.88. The van der Waals surface area contributed by atoms with Crippen LogP contribution in [0.1, 0.15) is 37.7 Å². The van der Waals surface area contributed by atoms with Crippen molar-refractivity contribution >= 4 is 0 Å². The second-order valence-electron chi connectivity index (χ2n) is 5.68. The summed E-state index contributed by atoms with van der Waals surface area (Å²) < 4.78 is 6.15. The zero-order valence-electron chi connectivity index (χ0n) is 11.2. The number of hydrogen-bond acceptors (Lipinski definition) is 2. The quantitative estimate of drug-likeness (QED) is 0.883. The zero-order valence-corrected chi connectivity index (χ0v) is 11.2. The van der Waals surface area contributed by atoms with Gasteiger partial charge in [-0.1, -0.05) is 37.5 Å².